The van der Waals surface area contributed by atoms with Crippen molar-refractivity contribution in [3.63, 3.8) is 0 Å². The first-order valence-electron chi connectivity index (χ1n) is 7.85. The van der Waals surface area contributed by atoms with Crippen molar-refractivity contribution < 1.29 is 0 Å². The molecular formula is C9H33B3N6Si3. The molecule has 120 valence electrons. The summed E-state index contributed by atoms with van der Waals surface area (Å²) in [6.45, 7) is 20.9. The molecule has 1 aliphatic heterocycles. The molecule has 1 fully saturated rings. The van der Waals surface area contributed by atoms with Gasteiger partial charge in [0.05, 0.1) is 0 Å². The van der Waals surface area contributed by atoms with E-state index < -0.39 is 24.7 Å². The van der Waals surface area contributed by atoms with Crippen LogP contribution in [-0.2, 0) is 0 Å². The SMILES string of the molecule is C[Si](C)(C)NB1NB(N[Si](C)(C)C)NB(N[Si](C)(C)C)N1. The molecule has 1 heterocycles. The van der Waals surface area contributed by atoms with Gasteiger partial charge in [0.2, 0.25) is 0 Å². The second-order valence-corrected chi connectivity index (χ2v) is 23.3. The van der Waals surface area contributed by atoms with Crippen molar-refractivity contribution in [2.24, 2.45) is 0 Å². The van der Waals surface area contributed by atoms with Gasteiger partial charge in [-0.1, -0.05) is 58.9 Å². The molecule has 1 aliphatic rings. The molecule has 0 aromatic heterocycles. The second-order valence-electron chi connectivity index (χ2n) is 8.98. The molecule has 0 aromatic rings. The molecule has 0 aromatic carbocycles. The number of hydrogen-bond acceptors (Lipinski definition) is 6. The van der Waals surface area contributed by atoms with Gasteiger partial charge in [0, 0.05) is 0 Å². The molecule has 0 radical (unpaired) electrons. The Labute approximate surface area is 135 Å². The highest BCUT2D eigenvalue weighted by Crippen LogP contribution is 1.99. The fraction of sp³-hybridized carbons (Fsp3) is 1.00. The smallest absolute Gasteiger partial charge is 0.351 e. The number of nitrogens with one attached hydrogen (secondary N) is 6. The number of rotatable bonds is 6. The van der Waals surface area contributed by atoms with Gasteiger partial charge in [-0.2, -0.15) is 0 Å². The van der Waals surface area contributed by atoms with Crippen LogP contribution in [0, 0.1) is 0 Å². The van der Waals surface area contributed by atoms with Gasteiger partial charge in [-0.3, -0.25) is 0 Å². The van der Waals surface area contributed by atoms with Crippen LogP contribution in [0.4, 0.5) is 0 Å². The summed E-state index contributed by atoms with van der Waals surface area (Å²) in [5.74, 6) is 0. The Balaban J connectivity index is 2.73. The Bertz CT molecular complexity index is 285. The van der Waals surface area contributed by atoms with Crippen molar-refractivity contribution in [2.75, 3.05) is 0 Å². The van der Waals surface area contributed by atoms with Crippen LogP contribution >= 0.6 is 0 Å². The van der Waals surface area contributed by atoms with E-state index >= 15 is 0 Å². The summed E-state index contributed by atoms with van der Waals surface area (Å²) in [4.78, 5) is 11.2. The van der Waals surface area contributed by atoms with Crippen LogP contribution in [-0.4, -0.2) is 46.1 Å². The molecule has 0 bridgehead atoms. The van der Waals surface area contributed by atoms with Gasteiger partial charge < -0.3 is 30.1 Å². The van der Waals surface area contributed by atoms with Gasteiger partial charge in [-0.05, 0) is 0 Å². The van der Waals surface area contributed by atoms with Crippen molar-refractivity contribution in [1.29, 1.82) is 0 Å². The molecule has 0 spiro atoms. The predicted octanol–water partition coefficient (Wildman–Crippen LogP) is -0.00300. The van der Waals surface area contributed by atoms with Gasteiger partial charge >= 0.3 is 21.4 Å². The van der Waals surface area contributed by atoms with Crippen molar-refractivity contribution in [2.45, 2.75) is 58.9 Å². The lowest BCUT2D eigenvalue weighted by atomic mass is 9.66. The average molecular weight is 342 g/mol. The molecule has 1 saturated heterocycles. The maximum absolute atomic E-state index is 3.72. The zero-order chi connectivity index (χ0) is 16.5. The normalized spacial score (nSPS) is 18.4. The maximum Gasteiger partial charge on any atom is 0.369 e. The number of hydrogen-bond donors (Lipinski definition) is 6. The first kappa shape index (κ1) is 19.7. The zero-order valence-electron chi connectivity index (χ0n) is 15.2. The lowest BCUT2D eigenvalue weighted by molar-refractivity contribution is 1.03. The third-order valence-corrected chi connectivity index (χ3v) is 6.20. The Kier molecular flexibility index (Phi) is 6.56. The monoisotopic (exact) mass is 342 g/mol. The van der Waals surface area contributed by atoms with E-state index in [1.54, 1.807) is 0 Å². The standard InChI is InChI=1S/C9H33B3N6Si3/c1-19(2,3)16-10-13-11(17-20(4,5)6)15-12(14-10)18-21(7,8)9/h13-18H,1-9H3. The van der Waals surface area contributed by atoms with Crippen LogP contribution in [0.1, 0.15) is 0 Å². The van der Waals surface area contributed by atoms with E-state index in [2.05, 4.69) is 89.0 Å². The van der Waals surface area contributed by atoms with Gasteiger partial charge in [-0.15, -0.1) is 0 Å². The molecule has 1 rings (SSSR count). The Hall–Kier alpha value is 0.605. The van der Waals surface area contributed by atoms with Gasteiger partial charge in [0.15, 0.2) is 0 Å². The summed E-state index contributed by atoms with van der Waals surface area (Å²) >= 11 is 0. The highest BCUT2D eigenvalue weighted by atomic mass is 28.3. The minimum absolute atomic E-state index is 0.126. The van der Waals surface area contributed by atoms with Crippen LogP contribution in [0.3, 0.4) is 0 Å². The summed E-state index contributed by atoms with van der Waals surface area (Å²) < 4.78 is 0. The molecule has 0 aliphatic carbocycles. The molecular weight excluding hydrogens is 309 g/mol. The van der Waals surface area contributed by atoms with Crippen LogP contribution in [0.5, 0.6) is 0 Å². The van der Waals surface area contributed by atoms with Crippen LogP contribution in [0.2, 0.25) is 58.9 Å². The van der Waals surface area contributed by atoms with Crippen molar-refractivity contribution in [3.05, 3.63) is 0 Å². The summed E-state index contributed by atoms with van der Waals surface area (Å²) in [5.41, 5.74) is 0. The zero-order valence-corrected chi connectivity index (χ0v) is 18.2. The first-order valence-corrected chi connectivity index (χ1v) is 18.3. The fourth-order valence-corrected chi connectivity index (χ4v) is 5.29. The summed E-state index contributed by atoms with van der Waals surface area (Å²) in [5, 5.41) is 10.7. The Morgan fingerprint density at radius 2 is 0.667 bits per heavy atom. The molecule has 21 heavy (non-hydrogen) atoms. The summed E-state index contributed by atoms with van der Waals surface area (Å²) in [6, 6.07) is 0. The summed E-state index contributed by atoms with van der Waals surface area (Å²) in [7, 11) is -3.69. The van der Waals surface area contributed by atoms with Gasteiger partial charge in [0.25, 0.3) is 0 Å². The van der Waals surface area contributed by atoms with Gasteiger partial charge in [0.1, 0.15) is 24.7 Å². The molecule has 6 N–H and O–H groups in total. The lowest BCUT2D eigenvalue weighted by Gasteiger charge is -2.39. The minimum Gasteiger partial charge on any atom is -0.351 e. The molecule has 6 nitrogen and oxygen atoms in total. The lowest BCUT2D eigenvalue weighted by Crippen LogP contribution is -2.88. The van der Waals surface area contributed by atoms with Crippen LogP contribution < -0.4 is 30.1 Å². The largest absolute Gasteiger partial charge is 0.369 e. The van der Waals surface area contributed by atoms with E-state index in [-0.39, 0.29) is 21.4 Å². The van der Waals surface area contributed by atoms with E-state index in [1.165, 1.54) is 0 Å². The quantitative estimate of drug-likeness (QED) is 0.382. The molecule has 0 saturated carbocycles. The van der Waals surface area contributed by atoms with E-state index in [1.807, 2.05) is 0 Å². The molecule has 0 atom stereocenters. The maximum atomic E-state index is 3.72. The van der Waals surface area contributed by atoms with Crippen LogP contribution in [0.15, 0.2) is 0 Å². The Morgan fingerprint density at radius 1 is 0.476 bits per heavy atom. The molecule has 0 amide bonds. The topological polar surface area (TPSA) is 72.2 Å². The van der Waals surface area contributed by atoms with Gasteiger partial charge in [-0.25, -0.2) is 0 Å². The van der Waals surface area contributed by atoms with E-state index in [9.17, 15) is 0 Å². The fourth-order valence-electron chi connectivity index (χ4n) is 2.19. The van der Waals surface area contributed by atoms with Crippen LogP contribution in [0.25, 0.3) is 0 Å². The average Bonchev–Trinajstić information content (AvgIpc) is 2.06. The van der Waals surface area contributed by atoms with Crippen molar-refractivity contribution >= 4 is 46.1 Å². The second kappa shape index (κ2) is 7.01. The predicted molar refractivity (Wildman–Crippen MR) is 106 cm³/mol. The van der Waals surface area contributed by atoms with E-state index in [0.29, 0.717) is 0 Å². The van der Waals surface area contributed by atoms with Crippen molar-refractivity contribution in [1.82, 2.24) is 30.1 Å². The van der Waals surface area contributed by atoms with E-state index in [4.69, 9.17) is 0 Å². The third-order valence-electron chi connectivity index (χ3n) is 2.73. The first-order chi connectivity index (χ1) is 9.23. The minimum atomic E-state index is -1.36. The highest BCUT2D eigenvalue weighted by molar-refractivity contribution is 6.96. The molecule has 12 heteroatoms. The third kappa shape index (κ3) is 9.36. The highest BCUT2D eigenvalue weighted by Gasteiger charge is 2.40. The van der Waals surface area contributed by atoms with Crippen molar-refractivity contribution in [3.8, 4) is 0 Å². The van der Waals surface area contributed by atoms with E-state index in [0.717, 1.165) is 0 Å². The Morgan fingerprint density at radius 3 is 0.810 bits per heavy atom. The molecule has 0 unspecified atom stereocenters. The summed E-state index contributed by atoms with van der Waals surface area (Å²) in [6.07, 6.45) is 0.